The van der Waals surface area contributed by atoms with Gasteiger partial charge in [-0.25, -0.2) is 9.18 Å². The number of anilines is 3. The van der Waals surface area contributed by atoms with Gasteiger partial charge in [-0.05, 0) is 42.0 Å². The van der Waals surface area contributed by atoms with E-state index in [0.29, 0.717) is 22.0 Å². The van der Waals surface area contributed by atoms with Gasteiger partial charge in [0.1, 0.15) is 5.82 Å². The molecule has 2 amide bonds. The summed E-state index contributed by atoms with van der Waals surface area (Å²) in [5.74, 6) is -0.347. The molecule has 0 saturated heterocycles. The molecule has 1 atom stereocenters. The monoisotopic (exact) mass is 446 g/mol. The van der Waals surface area contributed by atoms with Gasteiger partial charge >= 0.3 is 6.03 Å². The largest absolute Gasteiger partial charge is 0.365 e. The van der Waals surface area contributed by atoms with Crippen LogP contribution in [0, 0.1) is 5.82 Å². The number of benzene rings is 3. The van der Waals surface area contributed by atoms with Crippen LogP contribution in [0.5, 0.6) is 0 Å². The molecule has 1 aliphatic heterocycles. The van der Waals surface area contributed by atoms with Crippen LogP contribution in [0.3, 0.4) is 0 Å². The maximum absolute atomic E-state index is 13.6. The number of fused-ring (bicyclic) bond motifs is 2. The second-order valence-corrected chi connectivity index (χ2v) is 9.43. The molecule has 0 spiro atoms. The molecule has 0 aliphatic carbocycles. The highest BCUT2D eigenvalue weighted by Crippen LogP contribution is 2.40. The zero-order valence-corrected chi connectivity index (χ0v) is 18.4. The number of carbonyl (C=O) groups excluding carboxylic acids is 1. The first kappa shape index (κ1) is 20.5. The Labute approximate surface area is 190 Å². The Morgan fingerprint density at radius 3 is 2.81 bits per heavy atom. The van der Waals surface area contributed by atoms with Gasteiger partial charge in [-0.3, -0.25) is 0 Å². The van der Waals surface area contributed by atoms with Crippen LogP contribution in [0.15, 0.2) is 77.8 Å². The van der Waals surface area contributed by atoms with Crippen LogP contribution >= 0.6 is 11.8 Å². The molecule has 0 radical (unpaired) electrons. The van der Waals surface area contributed by atoms with Crippen LogP contribution in [-0.2, 0) is 6.54 Å². The fourth-order valence-electron chi connectivity index (χ4n) is 4.04. The summed E-state index contributed by atoms with van der Waals surface area (Å²) in [5, 5.41) is 6.84. The third kappa shape index (κ3) is 4.29. The molecule has 1 aromatic heterocycles. The second kappa shape index (κ2) is 8.59. The number of nitrogens with zero attached hydrogens (tertiary/aromatic N) is 1. The van der Waals surface area contributed by atoms with Gasteiger partial charge in [0.15, 0.2) is 0 Å². The molecule has 1 unspecified atom stereocenters. The predicted octanol–water partition coefficient (Wildman–Crippen LogP) is 6.45. The average Bonchev–Trinajstić information content (AvgIpc) is 3.16. The lowest BCUT2D eigenvalue weighted by Crippen LogP contribution is -2.33. The quantitative estimate of drug-likeness (QED) is 0.338. The van der Waals surface area contributed by atoms with E-state index in [4.69, 9.17) is 0 Å². The smallest absolute Gasteiger partial charge is 0.323 e. The Bertz CT molecular complexity index is 1270. The number of urea groups is 1. The molecule has 0 bridgehead atoms. The number of aromatic nitrogens is 1. The molecule has 2 heterocycles. The van der Waals surface area contributed by atoms with Crippen molar-refractivity contribution in [1.82, 2.24) is 4.98 Å². The normalized spacial score (nSPS) is 15.4. The van der Waals surface area contributed by atoms with Crippen LogP contribution in [-0.4, -0.2) is 22.8 Å². The topological polar surface area (TPSA) is 60.2 Å². The van der Waals surface area contributed by atoms with Crippen LogP contribution in [0.1, 0.15) is 12.5 Å². The van der Waals surface area contributed by atoms with Crippen molar-refractivity contribution in [1.29, 1.82) is 0 Å². The highest BCUT2D eigenvalue weighted by atomic mass is 32.2. The standard InChI is InChI=1S/C25H23FN4OS/c1-16-14-30(15-17-5-3-2-4-6-17)23-12-19(8-10-24(23)32-16)28-25(31)29-22-13-27-21-9-7-18(26)11-20(21)22/h2-13,16,27H,14-15H2,1H3,(H2,28,29,31). The van der Waals surface area contributed by atoms with Gasteiger partial charge in [-0.1, -0.05) is 37.3 Å². The third-order valence-electron chi connectivity index (χ3n) is 5.47. The van der Waals surface area contributed by atoms with Crippen molar-refractivity contribution in [2.45, 2.75) is 23.6 Å². The summed E-state index contributed by atoms with van der Waals surface area (Å²) in [7, 11) is 0. The van der Waals surface area contributed by atoms with Crippen molar-refractivity contribution in [2.24, 2.45) is 0 Å². The van der Waals surface area contributed by atoms with Crippen molar-refractivity contribution in [3.63, 3.8) is 0 Å². The second-order valence-electron chi connectivity index (χ2n) is 7.95. The summed E-state index contributed by atoms with van der Waals surface area (Å²) in [6, 6.07) is 20.4. The lowest BCUT2D eigenvalue weighted by Gasteiger charge is -2.34. The minimum absolute atomic E-state index is 0.347. The first-order chi connectivity index (χ1) is 15.5. The number of hydrogen-bond donors (Lipinski definition) is 3. The SMILES string of the molecule is CC1CN(Cc2ccccc2)c2cc(NC(=O)Nc3c[nH]c4ccc(F)cc34)ccc2S1. The molecule has 1 aliphatic rings. The first-order valence-electron chi connectivity index (χ1n) is 10.5. The van der Waals surface area contributed by atoms with Crippen LogP contribution in [0.2, 0.25) is 0 Å². The minimum Gasteiger partial charge on any atom is -0.365 e. The van der Waals surface area contributed by atoms with E-state index in [2.05, 4.69) is 57.8 Å². The van der Waals surface area contributed by atoms with Gasteiger partial charge in [0, 0.05) is 46.0 Å². The number of aromatic amines is 1. The maximum Gasteiger partial charge on any atom is 0.323 e. The van der Waals surface area contributed by atoms with Gasteiger partial charge in [-0.2, -0.15) is 0 Å². The third-order valence-corrected chi connectivity index (χ3v) is 6.62. The fraction of sp³-hybridized carbons (Fsp3) is 0.160. The van der Waals surface area contributed by atoms with Gasteiger partial charge in [0.05, 0.1) is 11.4 Å². The lowest BCUT2D eigenvalue weighted by molar-refractivity contribution is 0.262. The predicted molar refractivity (Wildman–Crippen MR) is 130 cm³/mol. The first-order valence-corrected chi connectivity index (χ1v) is 11.4. The van der Waals surface area contributed by atoms with E-state index >= 15 is 0 Å². The van der Waals surface area contributed by atoms with Crippen molar-refractivity contribution in [3.05, 3.63) is 84.3 Å². The van der Waals surface area contributed by atoms with E-state index < -0.39 is 0 Å². The van der Waals surface area contributed by atoms with E-state index in [1.54, 1.807) is 12.3 Å². The average molecular weight is 447 g/mol. The molecule has 162 valence electrons. The summed E-state index contributed by atoms with van der Waals surface area (Å²) >= 11 is 1.85. The number of rotatable bonds is 4. The molecule has 3 aromatic carbocycles. The van der Waals surface area contributed by atoms with Crippen molar-refractivity contribution >= 4 is 45.8 Å². The van der Waals surface area contributed by atoms with Crippen LogP contribution in [0.25, 0.3) is 10.9 Å². The number of carbonyl (C=O) groups is 1. The number of halogens is 1. The molecule has 5 rings (SSSR count). The summed E-state index contributed by atoms with van der Waals surface area (Å²) in [4.78, 5) is 19.3. The molecular weight excluding hydrogens is 423 g/mol. The molecule has 3 N–H and O–H groups in total. The van der Waals surface area contributed by atoms with Crippen molar-refractivity contribution in [2.75, 3.05) is 22.1 Å². The zero-order valence-electron chi connectivity index (χ0n) is 17.6. The van der Waals surface area contributed by atoms with Crippen LogP contribution < -0.4 is 15.5 Å². The molecule has 5 nitrogen and oxygen atoms in total. The number of nitrogens with one attached hydrogen (secondary N) is 3. The summed E-state index contributed by atoms with van der Waals surface area (Å²) in [6.45, 7) is 3.98. The van der Waals surface area contributed by atoms with Gasteiger partial charge < -0.3 is 20.5 Å². The number of H-pyrrole nitrogens is 1. The Hall–Kier alpha value is -3.45. The van der Waals surface area contributed by atoms with Crippen molar-refractivity contribution in [3.8, 4) is 0 Å². The Morgan fingerprint density at radius 1 is 1.12 bits per heavy atom. The Kier molecular flexibility index (Phi) is 5.49. The van der Waals surface area contributed by atoms with E-state index in [1.807, 2.05) is 30.0 Å². The molecular formula is C25H23FN4OS. The number of thioether (sulfide) groups is 1. The molecule has 32 heavy (non-hydrogen) atoms. The summed E-state index contributed by atoms with van der Waals surface area (Å²) in [5.41, 5.74) is 4.37. The maximum atomic E-state index is 13.6. The van der Waals surface area contributed by atoms with Crippen LogP contribution in [0.4, 0.5) is 26.2 Å². The highest BCUT2D eigenvalue weighted by Gasteiger charge is 2.23. The van der Waals surface area contributed by atoms with Crippen molar-refractivity contribution < 1.29 is 9.18 Å². The Balaban J connectivity index is 1.35. The van der Waals surface area contributed by atoms with Gasteiger partial charge in [-0.15, -0.1) is 11.8 Å². The fourth-order valence-corrected chi connectivity index (χ4v) is 5.18. The Morgan fingerprint density at radius 2 is 1.97 bits per heavy atom. The van der Waals surface area contributed by atoms with E-state index in [1.165, 1.54) is 22.6 Å². The summed E-state index contributed by atoms with van der Waals surface area (Å²) < 4.78 is 13.6. The molecule has 0 saturated carbocycles. The molecule has 7 heteroatoms. The van der Waals surface area contributed by atoms with Gasteiger partial charge in [0.2, 0.25) is 0 Å². The van der Waals surface area contributed by atoms with E-state index in [0.717, 1.165) is 24.3 Å². The molecule has 4 aromatic rings. The zero-order chi connectivity index (χ0) is 22.1. The minimum atomic E-state index is -0.374. The number of amides is 2. The van der Waals surface area contributed by atoms with E-state index in [9.17, 15) is 9.18 Å². The summed E-state index contributed by atoms with van der Waals surface area (Å²) in [6.07, 6.45) is 1.66. The lowest BCUT2D eigenvalue weighted by atomic mass is 10.1. The van der Waals surface area contributed by atoms with Gasteiger partial charge in [0.25, 0.3) is 0 Å². The van der Waals surface area contributed by atoms with E-state index in [-0.39, 0.29) is 11.8 Å². The molecule has 0 fully saturated rings. The highest BCUT2D eigenvalue weighted by molar-refractivity contribution is 8.00. The number of hydrogen-bond acceptors (Lipinski definition) is 3.